The molecular weight excluding hydrogens is 348 g/mol. The number of hydrogen-bond donors (Lipinski definition) is 0. The number of nitrogens with zero attached hydrogens (tertiary/aromatic N) is 2. The summed E-state index contributed by atoms with van der Waals surface area (Å²) in [4.78, 5) is 9.33. The standard InChI is InChI=1S/C24H24N2O2/c1-3-27-23(25-21-14-7-5-8-15-21)19-12-11-13-20(18-19)24(28-4-2)26-22-16-9-6-10-17-22/h5-18H,3-4H2,1-2H3. The highest BCUT2D eigenvalue weighted by Gasteiger charge is 2.11. The van der Waals surface area contributed by atoms with Crippen molar-refractivity contribution in [1.82, 2.24) is 0 Å². The molecule has 4 nitrogen and oxygen atoms in total. The summed E-state index contributed by atoms with van der Waals surface area (Å²) in [6.07, 6.45) is 0. The Labute approximate surface area is 166 Å². The van der Waals surface area contributed by atoms with Crippen LogP contribution in [0.15, 0.2) is 94.9 Å². The smallest absolute Gasteiger partial charge is 0.221 e. The molecule has 142 valence electrons. The van der Waals surface area contributed by atoms with Crippen molar-refractivity contribution in [2.45, 2.75) is 13.8 Å². The molecule has 0 aliphatic heterocycles. The zero-order valence-corrected chi connectivity index (χ0v) is 16.2. The summed E-state index contributed by atoms with van der Waals surface area (Å²) in [5.74, 6) is 1.15. The average Bonchev–Trinajstić information content (AvgIpc) is 2.75. The molecule has 3 rings (SSSR count). The summed E-state index contributed by atoms with van der Waals surface area (Å²) >= 11 is 0. The molecular formula is C24H24N2O2. The van der Waals surface area contributed by atoms with Crippen molar-refractivity contribution >= 4 is 23.2 Å². The van der Waals surface area contributed by atoms with E-state index < -0.39 is 0 Å². The van der Waals surface area contributed by atoms with Crippen LogP contribution >= 0.6 is 0 Å². The van der Waals surface area contributed by atoms with Gasteiger partial charge in [0.05, 0.1) is 24.6 Å². The average molecular weight is 372 g/mol. The van der Waals surface area contributed by atoms with Crippen LogP contribution in [0.5, 0.6) is 0 Å². The van der Waals surface area contributed by atoms with Crippen LogP contribution in [0.1, 0.15) is 25.0 Å². The van der Waals surface area contributed by atoms with Crippen LogP contribution in [0.4, 0.5) is 11.4 Å². The Hall–Kier alpha value is -3.40. The number of aliphatic imine (C=N–C) groups is 2. The lowest BCUT2D eigenvalue weighted by molar-refractivity contribution is 0.327. The molecule has 4 heteroatoms. The van der Waals surface area contributed by atoms with Crippen LogP contribution in [0.3, 0.4) is 0 Å². The van der Waals surface area contributed by atoms with Crippen molar-refractivity contribution in [3.8, 4) is 0 Å². The second kappa shape index (κ2) is 10.1. The van der Waals surface area contributed by atoms with Gasteiger partial charge in [-0.1, -0.05) is 42.5 Å². The van der Waals surface area contributed by atoms with Crippen LogP contribution in [0, 0.1) is 0 Å². The molecule has 0 N–H and O–H groups in total. The van der Waals surface area contributed by atoms with E-state index in [1.807, 2.05) is 98.8 Å². The topological polar surface area (TPSA) is 43.2 Å². The number of hydrogen-bond acceptors (Lipinski definition) is 4. The SMILES string of the molecule is CCOC(=Nc1ccccc1)c1cccc(C(=Nc2ccccc2)OCC)c1. The van der Waals surface area contributed by atoms with E-state index in [1.165, 1.54) is 0 Å². The molecule has 3 aromatic carbocycles. The van der Waals surface area contributed by atoms with Crippen molar-refractivity contribution in [3.63, 3.8) is 0 Å². The molecule has 0 aliphatic rings. The lowest BCUT2D eigenvalue weighted by Gasteiger charge is -2.11. The van der Waals surface area contributed by atoms with Gasteiger partial charge in [0, 0.05) is 11.1 Å². The third-order valence-corrected chi connectivity index (χ3v) is 3.89. The Balaban J connectivity index is 1.99. The van der Waals surface area contributed by atoms with Gasteiger partial charge in [0.2, 0.25) is 11.8 Å². The molecule has 28 heavy (non-hydrogen) atoms. The summed E-state index contributed by atoms with van der Waals surface area (Å²) in [6.45, 7) is 4.97. The molecule has 0 aromatic heterocycles. The van der Waals surface area contributed by atoms with E-state index in [-0.39, 0.29) is 0 Å². The van der Waals surface area contributed by atoms with E-state index in [0.29, 0.717) is 25.0 Å². The van der Waals surface area contributed by atoms with Crippen LogP contribution in [-0.4, -0.2) is 25.0 Å². The summed E-state index contributed by atoms with van der Waals surface area (Å²) < 4.78 is 11.6. The van der Waals surface area contributed by atoms with Gasteiger partial charge in [0.25, 0.3) is 0 Å². The van der Waals surface area contributed by atoms with Crippen molar-refractivity contribution in [2.75, 3.05) is 13.2 Å². The third-order valence-electron chi connectivity index (χ3n) is 3.89. The second-order valence-corrected chi connectivity index (χ2v) is 5.95. The predicted molar refractivity (Wildman–Crippen MR) is 115 cm³/mol. The highest BCUT2D eigenvalue weighted by molar-refractivity contribution is 6.01. The molecule has 0 heterocycles. The fourth-order valence-electron chi connectivity index (χ4n) is 2.66. The van der Waals surface area contributed by atoms with Gasteiger partial charge in [-0.25, -0.2) is 9.98 Å². The van der Waals surface area contributed by atoms with Gasteiger partial charge in [-0.15, -0.1) is 0 Å². The first kappa shape index (κ1) is 19.4. The van der Waals surface area contributed by atoms with Crippen molar-refractivity contribution in [2.24, 2.45) is 9.98 Å². The molecule has 0 saturated heterocycles. The maximum atomic E-state index is 5.81. The minimum Gasteiger partial charge on any atom is -0.478 e. The molecule has 0 unspecified atom stereocenters. The van der Waals surface area contributed by atoms with Gasteiger partial charge in [0.1, 0.15) is 0 Å². The summed E-state index contributed by atoms with van der Waals surface area (Å²) in [7, 11) is 0. The van der Waals surface area contributed by atoms with Gasteiger partial charge >= 0.3 is 0 Å². The monoisotopic (exact) mass is 372 g/mol. The Morgan fingerprint density at radius 3 is 1.43 bits per heavy atom. The second-order valence-electron chi connectivity index (χ2n) is 5.95. The molecule has 0 aliphatic carbocycles. The van der Waals surface area contributed by atoms with Crippen LogP contribution in [0.2, 0.25) is 0 Å². The molecule has 0 radical (unpaired) electrons. The van der Waals surface area contributed by atoms with Crippen molar-refractivity contribution in [1.29, 1.82) is 0 Å². The predicted octanol–water partition coefficient (Wildman–Crippen LogP) is 5.92. The van der Waals surface area contributed by atoms with E-state index in [9.17, 15) is 0 Å². The van der Waals surface area contributed by atoms with Gasteiger partial charge in [-0.2, -0.15) is 0 Å². The fraction of sp³-hybridized carbons (Fsp3) is 0.167. The van der Waals surface area contributed by atoms with Gasteiger partial charge in [0.15, 0.2) is 0 Å². The van der Waals surface area contributed by atoms with E-state index in [4.69, 9.17) is 9.47 Å². The molecule has 0 bridgehead atoms. The molecule has 3 aromatic rings. The maximum absolute atomic E-state index is 5.81. The Bertz CT molecular complexity index is 860. The first-order valence-corrected chi connectivity index (χ1v) is 9.44. The van der Waals surface area contributed by atoms with Crippen molar-refractivity contribution in [3.05, 3.63) is 96.1 Å². The van der Waals surface area contributed by atoms with Gasteiger partial charge < -0.3 is 9.47 Å². The molecule has 0 spiro atoms. The normalized spacial score (nSPS) is 11.9. The zero-order chi connectivity index (χ0) is 19.6. The lowest BCUT2D eigenvalue weighted by atomic mass is 10.1. The Morgan fingerprint density at radius 1 is 0.607 bits per heavy atom. The van der Waals surface area contributed by atoms with E-state index in [1.54, 1.807) is 0 Å². The highest BCUT2D eigenvalue weighted by Crippen LogP contribution is 2.18. The number of ether oxygens (including phenoxy) is 2. The van der Waals surface area contributed by atoms with E-state index >= 15 is 0 Å². The van der Waals surface area contributed by atoms with Crippen molar-refractivity contribution < 1.29 is 9.47 Å². The Morgan fingerprint density at radius 2 is 1.04 bits per heavy atom. The van der Waals surface area contributed by atoms with Gasteiger partial charge in [-0.05, 0) is 56.3 Å². The maximum Gasteiger partial charge on any atom is 0.221 e. The summed E-state index contributed by atoms with van der Waals surface area (Å²) in [6, 6.07) is 27.5. The zero-order valence-electron chi connectivity index (χ0n) is 16.2. The molecule has 0 amide bonds. The Kier molecular flexibility index (Phi) is 6.96. The summed E-state index contributed by atoms with van der Waals surface area (Å²) in [5.41, 5.74) is 3.45. The number of rotatable bonds is 6. The first-order chi connectivity index (χ1) is 13.8. The highest BCUT2D eigenvalue weighted by atomic mass is 16.5. The van der Waals surface area contributed by atoms with Gasteiger partial charge in [-0.3, -0.25) is 0 Å². The minimum absolute atomic E-state index is 0.534. The number of benzene rings is 3. The third kappa shape index (κ3) is 5.30. The minimum atomic E-state index is 0.534. The first-order valence-electron chi connectivity index (χ1n) is 9.44. The quantitative estimate of drug-likeness (QED) is 0.398. The van der Waals surface area contributed by atoms with Crippen LogP contribution < -0.4 is 0 Å². The molecule has 0 fully saturated rings. The van der Waals surface area contributed by atoms with Crippen LogP contribution in [-0.2, 0) is 9.47 Å². The van der Waals surface area contributed by atoms with E-state index in [0.717, 1.165) is 22.5 Å². The molecule has 0 atom stereocenters. The lowest BCUT2D eigenvalue weighted by Crippen LogP contribution is -2.10. The van der Waals surface area contributed by atoms with Crippen LogP contribution in [0.25, 0.3) is 0 Å². The molecule has 0 saturated carbocycles. The van der Waals surface area contributed by atoms with E-state index in [2.05, 4.69) is 9.98 Å². The fourth-order valence-corrected chi connectivity index (χ4v) is 2.66. The largest absolute Gasteiger partial charge is 0.478 e. The number of para-hydroxylation sites is 2. The summed E-state index contributed by atoms with van der Waals surface area (Å²) in [5, 5.41) is 0.